The van der Waals surface area contributed by atoms with Crippen molar-refractivity contribution in [1.29, 1.82) is 0 Å². The molecule has 0 N–H and O–H groups in total. The maximum Gasteiger partial charge on any atom is 0.328 e. The summed E-state index contributed by atoms with van der Waals surface area (Å²) in [6.07, 6.45) is 5.89. The number of anilines is 1. The molecular formula is C11H14ClN3O2. The average Bonchev–Trinajstić information content (AvgIpc) is 2.39. The Kier molecular flexibility index (Phi) is 3.78. The molecule has 1 saturated heterocycles. The Balaban J connectivity index is 2.21. The lowest BCUT2D eigenvalue weighted by Crippen LogP contribution is -2.46. The molecule has 0 radical (unpaired) electrons. The van der Waals surface area contributed by atoms with Gasteiger partial charge in [0.25, 0.3) is 0 Å². The molecule has 2 rings (SSSR count). The van der Waals surface area contributed by atoms with Gasteiger partial charge < -0.3 is 9.64 Å². The highest BCUT2D eigenvalue weighted by Gasteiger charge is 2.31. The third-order valence-corrected chi connectivity index (χ3v) is 3.03. The molecule has 1 aromatic heterocycles. The molecule has 2 heterocycles. The van der Waals surface area contributed by atoms with E-state index in [1.54, 1.807) is 0 Å². The lowest BCUT2D eigenvalue weighted by atomic mass is 10.0. The van der Waals surface area contributed by atoms with Crippen molar-refractivity contribution in [2.45, 2.75) is 25.3 Å². The number of nitrogens with zero attached hydrogens (tertiary/aromatic N) is 3. The Morgan fingerprint density at radius 1 is 1.47 bits per heavy atom. The zero-order chi connectivity index (χ0) is 12.3. The van der Waals surface area contributed by atoms with E-state index in [2.05, 4.69) is 9.97 Å². The molecular weight excluding hydrogens is 242 g/mol. The zero-order valence-electron chi connectivity index (χ0n) is 9.60. The SMILES string of the molecule is COC(=O)C1CCCCN1c1ncc(Cl)cn1. The monoisotopic (exact) mass is 255 g/mol. The number of esters is 1. The number of aromatic nitrogens is 2. The molecule has 1 aliphatic heterocycles. The minimum atomic E-state index is -0.282. The van der Waals surface area contributed by atoms with Crippen LogP contribution < -0.4 is 4.90 Å². The summed E-state index contributed by atoms with van der Waals surface area (Å²) < 4.78 is 4.80. The van der Waals surface area contributed by atoms with Crippen LogP contribution in [0.5, 0.6) is 0 Å². The van der Waals surface area contributed by atoms with Crippen LogP contribution in [0.15, 0.2) is 12.4 Å². The Hall–Kier alpha value is -1.36. The topological polar surface area (TPSA) is 55.3 Å². The lowest BCUT2D eigenvalue weighted by molar-refractivity contribution is -0.142. The zero-order valence-corrected chi connectivity index (χ0v) is 10.4. The van der Waals surface area contributed by atoms with Gasteiger partial charge in [0.15, 0.2) is 0 Å². The molecule has 0 bridgehead atoms. The molecule has 1 aliphatic rings. The van der Waals surface area contributed by atoms with Crippen molar-refractivity contribution >= 4 is 23.5 Å². The summed E-state index contributed by atoms with van der Waals surface area (Å²) in [6.45, 7) is 0.765. The van der Waals surface area contributed by atoms with Crippen molar-refractivity contribution in [3.63, 3.8) is 0 Å². The highest BCUT2D eigenvalue weighted by molar-refractivity contribution is 6.30. The number of carbonyl (C=O) groups excluding carboxylic acids is 1. The molecule has 1 fully saturated rings. The first-order chi connectivity index (χ1) is 8.22. The molecule has 0 amide bonds. The summed E-state index contributed by atoms with van der Waals surface area (Å²) in [4.78, 5) is 21.8. The maximum absolute atomic E-state index is 11.7. The van der Waals surface area contributed by atoms with Crippen molar-refractivity contribution in [1.82, 2.24) is 9.97 Å². The fourth-order valence-corrected chi connectivity index (χ4v) is 2.10. The van der Waals surface area contributed by atoms with Crippen LogP contribution in [0.4, 0.5) is 5.95 Å². The smallest absolute Gasteiger partial charge is 0.328 e. The molecule has 0 spiro atoms. The largest absolute Gasteiger partial charge is 0.467 e. The predicted octanol–water partition coefficient (Wildman–Crippen LogP) is 1.66. The summed E-state index contributed by atoms with van der Waals surface area (Å²) in [5, 5.41) is 0.486. The Labute approximate surface area is 105 Å². The molecule has 0 aliphatic carbocycles. The van der Waals surface area contributed by atoms with Crippen LogP contribution in [0.2, 0.25) is 5.02 Å². The number of carbonyl (C=O) groups is 1. The van der Waals surface area contributed by atoms with E-state index in [1.165, 1.54) is 19.5 Å². The van der Waals surface area contributed by atoms with Crippen molar-refractivity contribution in [3.8, 4) is 0 Å². The van der Waals surface area contributed by atoms with Crippen LogP contribution in [-0.2, 0) is 9.53 Å². The fourth-order valence-electron chi connectivity index (χ4n) is 2.01. The van der Waals surface area contributed by atoms with Gasteiger partial charge in [-0.15, -0.1) is 0 Å². The molecule has 0 aromatic carbocycles. The number of hydrogen-bond acceptors (Lipinski definition) is 5. The number of methoxy groups -OCH3 is 1. The van der Waals surface area contributed by atoms with E-state index in [4.69, 9.17) is 16.3 Å². The number of hydrogen-bond donors (Lipinski definition) is 0. The Morgan fingerprint density at radius 3 is 2.82 bits per heavy atom. The van der Waals surface area contributed by atoms with Crippen LogP contribution >= 0.6 is 11.6 Å². The first kappa shape index (κ1) is 12.1. The van der Waals surface area contributed by atoms with Gasteiger partial charge >= 0.3 is 5.97 Å². The van der Waals surface area contributed by atoms with Crippen molar-refractivity contribution in [3.05, 3.63) is 17.4 Å². The summed E-state index contributed by atoms with van der Waals surface area (Å²) in [5.74, 6) is 0.299. The molecule has 92 valence electrons. The minimum absolute atomic E-state index is 0.233. The van der Waals surface area contributed by atoms with Crippen LogP contribution in [0.1, 0.15) is 19.3 Å². The maximum atomic E-state index is 11.7. The molecule has 0 saturated carbocycles. The molecule has 1 atom stereocenters. The lowest BCUT2D eigenvalue weighted by Gasteiger charge is -2.33. The van der Waals surface area contributed by atoms with Gasteiger partial charge in [0.1, 0.15) is 6.04 Å². The summed E-state index contributed by atoms with van der Waals surface area (Å²) in [6, 6.07) is -0.282. The second kappa shape index (κ2) is 5.31. The van der Waals surface area contributed by atoms with Gasteiger partial charge in [-0.25, -0.2) is 14.8 Å². The van der Waals surface area contributed by atoms with Crippen molar-refractivity contribution < 1.29 is 9.53 Å². The highest BCUT2D eigenvalue weighted by atomic mass is 35.5. The van der Waals surface area contributed by atoms with E-state index < -0.39 is 0 Å². The number of halogens is 1. The summed E-state index contributed by atoms with van der Waals surface area (Å²) >= 11 is 5.74. The second-order valence-electron chi connectivity index (χ2n) is 3.93. The highest BCUT2D eigenvalue weighted by Crippen LogP contribution is 2.22. The van der Waals surface area contributed by atoms with Crippen molar-refractivity contribution in [2.24, 2.45) is 0 Å². The molecule has 5 nitrogen and oxygen atoms in total. The third kappa shape index (κ3) is 2.66. The van der Waals surface area contributed by atoms with E-state index in [1.807, 2.05) is 4.90 Å². The third-order valence-electron chi connectivity index (χ3n) is 2.84. The van der Waals surface area contributed by atoms with E-state index in [-0.39, 0.29) is 12.0 Å². The van der Waals surface area contributed by atoms with E-state index in [0.29, 0.717) is 11.0 Å². The standard InChI is InChI=1S/C11H14ClN3O2/c1-17-10(16)9-4-2-3-5-15(9)11-13-6-8(12)7-14-11/h6-7,9H,2-5H2,1H3. The molecule has 1 unspecified atom stereocenters. The Morgan fingerprint density at radius 2 is 2.18 bits per heavy atom. The summed E-state index contributed by atoms with van der Waals surface area (Å²) in [5.41, 5.74) is 0. The first-order valence-electron chi connectivity index (χ1n) is 5.54. The quantitative estimate of drug-likeness (QED) is 0.753. The fraction of sp³-hybridized carbons (Fsp3) is 0.545. The van der Waals surface area contributed by atoms with Crippen LogP contribution in [0.25, 0.3) is 0 Å². The predicted molar refractivity (Wildman–Crippen MR) is 64.0 cm³/mol. The molecule has 17 heavy (non-hydrogen) atoms. The summed E-state index contributed by atoms with van der Waals surface area (Å²) in [7, 11) is 1.40. The van der Waals surface area contributed by atoms with Crippen molar-refractivity contribution in [2.75, 3.05) is 18.6 Å². The Bertz CT molecular complexity index is 396. The van der Waals surface area contributed by atoms with E-state index in [9.17, 15) is 4.79 Å². The van der Waals surface area contributed by atoms with Gasteiger partial charge in [0.05, 0.1) is 24.5 Å². The van der Waals surface area contributed by atoms with E-state index >= 15 is 0 Å². The minimum Gasteiger partial charge on any atom is -0.467 e. The van der Waals surface area contributed by atoms with Gasteiger partial charge in [-0.1, -0.05) is 11.6 Å². The van der Waals surface area contributed by atoms with Crippen LogP contribution in [-0.4, -0.2) is 35.6 Å². The van der Waals surface area contributed by atoms with Crippen LogP contribution in [0.3, 0.4) is 0 Å². The number of rotatable bonds is 2. The average molecular weight is 256 g/mol. The number of piperidine rings is 1. The normalized spacial score (nSPS) is 20.1. The number of ether oxygens (including phenoxy) is 1. The van der Waals surface area contributed by atoms with E-state index in [0.717, 1.165) is 25.8 Å². The van der Waals surface area contributed by atoms with Gasteiger partial charge in [-0.3, -0.25) is 0 Å². The second-order valence-corrected chi connectivity index (χ2v) is 4.37. The first-order valence-corrected chi connectivity index (χ1v) is 5.92. The van der Waals surface area contributed by atoms with Gasteiger partial charge in [-0.05, 0) is 19.3 Å². The van der Waals surface area contributed by atoms with Gasteiger partial charge in [-0.2, -0.15) is 0 Å². The van der Waals surface area contributed by atoms with Crippen LogP contribution in [0, 0.1) is 0 Å². The molecule has 6 heteroatoms. The van der Waals surface area contributed by atoms with Gasteiger partial charge in [0.2, 0.25) is 5.95 Å². The molecule has 1 aromatic rings. The van der Waals surface area contributed by atoms with Gasteiger partial charge in [0, 0.05) is 6.54 Å².